The Balaban J connectivity index is 1.84. The molecule has 1 fully saturated rings. The summed E-state index contributed by atoms with van der Waals surface area (Å²) in [6, 6.07) is 3.45. The molecule has 164 valence electrons. The number of nitrogens with zero attached hydrogens (tertiary/aromatic N) is 1. The van der Waals surface area contributed by atoms with Crippen molar-refractivity contribution in [1.82, 2.24) is 9.62 Å². The monoisotopic (exact) mass is 434 g/mol. The van der Waals surface area contributed by atoms with Crippen LogP contribution < -0.4 is 5.32 Å². The number of nitrogens with one attached hydrogen (secondary N) is 1. The van der Waals surface area contributed by atoms with E-state index in [-0.39, 0.29) is 17.0 Å². The van der Waals surface area contributed by atoms with Gasteiger partial charge in [0.25, 0.3) is 0 Å². The molecule has 0 bridgehead atoms. The van der Waals surface area contributed by atoms with Gasteiger partial charge in [-0.05, 0) is 62.9 Å². The molecular weight excluding hydrogens is 405 g/mol. The molecule has 0 atom stereocenters. The van der Waals surface area contributed by atoms with Crippen molar-refractivity contribution in [3.8, 4) is 0 Å². The molecule has 1 saturated carbocycles. The van der Waals surface area contributed by atoms with Crippen LogP contribution >= 0.6 is 0 Å². The fourth-order valence-corrected chi connectivity index (χ4v) is 4.82. The molecule has 5 nitrogen and oxygen atoms in total. The SMILES string of the molecule is C=CCNCCCO[C@H]1CC[C@H](N(C)S(=O)(=O)c2ccc(C(F)(F)F)cc2)CC1. The molecule has 9 heteroatoms. The van der Waals surface area contributed by atoms with Crippen LogP contribution in [0.3, 0.4) is 0 Å². The maximum atomic E-state index is 12.8. The van der Waals surface area contributed by atoms with Crippen molar-refractivity contribution in [2.45, 2.75) is 55.3 Å². The number of sulfonamides is 1. The summed E-state index contributed by atoms with van der Waals surface area (Å²) in [6.07, 6.45) is 1.18. The lowest BCUT2D eigenvalue weighted by Crippen LogP contribution is -2.40. The van der Waals surface area contributed by atoms with Gasteiger partial charge in [-0.2, -0.15) is 17.5 Å². The lowest BCUT2D eigenvalue weighted by molar-refractivity contribution is -0.137. The quantitative estimate of drug-likeness (QED) is 0.449. The van der Waals surface area contributed by atoms with Crippen molar-refractivity contribution in [3.05, 3.63) is 42.5 Å². The van der Waals surface area contributed by atoms with Gasteiger partial charge in [-0.15, -0.1) is 6.58 Å². The van der Waals surface area contributed by atoms with Gasteiger partial charge in [0.15, 0.2) is 0 Å². The summed E-state index contributed by atoms with van der Waals surface area (Å²) in [5.41, 5.74) is -0.864. The fraction of sp³-hybridized carbons (Fsp3) is 0.600. The average Bonchev–Trinajstić information content (AvgIpc) is 2.70. The molecule has 0 saturated heterocycles. The molecule has 0 unspecified atom stereocenters. The van der Waals surface area contributed by atoms with E-state index in [1.54, 1.807) is 6.08 Å². The molecule has 1 aliphatic carbocycles. The standard InChI is InChI=1S/C20H29F3N2O3S/c1-3-13-24-14-4-15-28-18-9-7-17(8-10-18)25(2)29(26,27)19-11-5-16(6-12-19)20(21,22)23/h3,5-6,11-12,17-18,24H,1,4,7-10,13-15H2,2H3/t17-,18-. The Labute approximate surface area is 171 Å². The number of alkyl halides is 3. The summed E-state index contributed by atoms with van der Waals surface area (Å²) >= 11 is 0. The first kappa shape index (κ1) is 23.9. The van der Waals surface area contributed by atoms with Crippen LogP contribution in [0.5, 0.6) is 0 Å². The van der Waals surface area contributed by atoms with Gasteiger partial charge in [0.2, 0.25) is 10.0 Å². The van der Waals surface area contributed by atoms with Crippen LogP contribution in [-0.4, -0.2) is 51.6 Å². The van der Waals surface area contributed by atoms with Gasteiger partial charge in [0.1, 0.15) is 0 Å². The highest BCUT2D eigenvalue weighted by molar-refractivity contribution is 7.89. The van der Waals surface area contributed by atoms with Crippen molar-refractivity contribution in [1.29, 1.82) is 0 Å². The minimum absolute atomic E-state index is 0.118. The van der Waals surface area contributed by atoms with Crippen LogP contribution in [0.25, 0.3) is 0 Å². The Bertz CT molecular complexity index is 743. The Morgan fingerprint density at radius 2 is 1.83 bits per heavy atom. The molecule has 0 heterocycles. The summed E-state index contributed by atoms with van der Waals surface area (Å²) in [5.74, 6) is 0. The maximum Gasteiger partial charge on any atom is 0.416 e. The highest BCUT2D eigenvalue weighted by atomic mass is 32.2. The van der Waals surface area contributed by atoms with E-state index in [1.165, 1.54) is 11.4 Å². The van der Waals surface area contributed by atoms with Gasteiger partial charge in [-0.1, -0.05) is 6.08 Å². The van der Waals surface area contributed by atoms with Crippen LogP contribution in [0.15, 0.2) is 41.8 Å². The van der Waals surface area contributed by atoms with Crippen LogP contribution in [0.4, 0.5) is 13.2 Å². The van der Waals surface area contributed by atoms with Gasteiger partial charge in [-0.25, -0.2) is 8.42 Å². The van der Waals surface area contributed by atoms with E-state index in [9.17, 15) is 21.6 Å². The first-order valence-corrected chi connectivity index (χ1v) is 11.2. The maximum absolute atomic E-state index is 12.8. The summed E-state index contributed by atoms with van der Waals surface area (Å²) in [7, 11) is -2.35. The molecule has 1 aromatic carbocycles. The molecule has 0 aromatic heterocycles. The number of ether oxygens (including phenoxy) is 1. The van der Waals surface area contributed by atoms with Crippen molar-refractivity contribution < 1.29 is 26.3 Å². The molecular formula is C20H29F3N2O3S. The molecule has 0 aliphatic heterocycles. The summed E-state index contributed by atoms with van der Waals surface area (Å²) in [5, 5.41) is 3.20. The van der Waals surface area contributed by atoms with E-state index in [4.69, 9.17) is 4.74 Å². The van der Waals surface area contributed by atoms with Gasteiger partial charge < -0.3 is 10.1 Å². The number of benzene rings is 1. The Hall–Kier alpha value is -1.42. The third-order valence-corrected chi connectivity index (χ3v) is 7.08. The van der Waals surface area contributed by atoms with Crippen molar-refractivity contribution in [2.24, 2.45) is 0 Å². The average molecular weight is 435 g/mol. The van der Waals surface area contributed by atoms with E-state index in [1.807, 2.05) is 0 Å². The molecule has 0 radical (unpaired) electrons. The minimum Gasteiger partial charge on any atom is -0.378 e. The first-order valence-electron chi connectivity index (χ1n) is 9.74. The largest absolute Gasteiger partial charge is 0.416 e. The minimum atomic E-state index is -4.49. The van der Waals surface area contributed by atoms with Gasteiger partial charge in [-0.3, -0.25) is 0 Å². The van der Waals surface area contributed by atoms with Gasteiger partial charge >= 0.3 is 6.18 Å². The first-order chi connectivity index (χ1) is 13.7. The molecule has 1 N–H and O–H groups in total. The Morgan fingerprint density at radius 3 is 2.38 bits per heavy atom. The Morgan fingerprint density at radius 1 is 1.21 bits per heavy atom. The molecule has 2 rings (SSSR count). The second-order valence-corrected chi connectivity index (χ2v) is 9.19. The molecule has 29 heavy (non-hydrogen) atoms. The van der Waals surface area contributed by atoms with E-state index in [0.717, 1.165) is 56.6 Å². The lowest BCUT2D eigenvalue weighted by Gasteiger charge is -2.34. The smallest absolute Gasteiger partial charge is 0.378 e. The van der Waals surface area contributed by atoms with E-state index in [0.29, 0.717) is 19.4 Å². The normalized spacial score (nSPS) is 20.7. The summed E-state index contributed by atoms with van der Waals surface area (Å²) in [6.45, 7) is 5.91. The predicted octanol–water partition coefficient (Wildman–Crippen LogP) is 3.82. The van der Waals surface area contributed by atoms with Crippen LogP contribution in [0.2, 0.25) is 0 Å². The topological polar surface area (TPSA) is 58.6 Å². The van der Waals surface area contributed by atoms with Gasteiger partial charge in [0, 0.05) is 26.2 Å². The molecule has 0 spiro atoms. The third kappa shape index (κ3) is 6.80. The highest BCUT2D eigenvalue weighted by Gasteiger charge is 2.33. The zero-order chi connectivity index (χ0) is 21.5. The lowest BCUT2D eigenvalue weighted by atomic mass is 9.93. The zero-order valence-corrected chi connectivity index (χ0v) is 17.4. The summed E-state index contributed by atoms with van der Waals surface area (Å²) < 4.78 is 70.8. The number of rotatable bonds is 10. The van der Waals surface area contributed by atoms with E-state index in [2.05, 4.69) is 11.9 Å². The molecule has 0 amide bonds. The van der Waals surface area contributed by atoms with Crippen molar-refractivity contribution in [2.75, 3.05) is 26.7 Å². The van der Waals surface area contributed by atoms with Crippen LogP contribution in [0, 0.1) is 0 Å². The van der Waals surface area contributed by atoms with E-state index >= 15 is 0 Å². The van der Waals surface area contributed by atoms with Crippen LogP contribution in [-0.2, 0) is 20.9 Å². The third-order valence-electron chi connectivity index (χ3n) is 5.16. The number of halogens is 3. The summed E-state index contributed by atoms with van der Waals surface area (Å²) in [4.78, 5) is -0.126. The Kier molecular flexibility index (Phi) is 8.69. The number of hydrogen-bond acceptors (Lipinski definition) is 4. The molecule has 1 aliphatic rings. The van der Waals surface area contributed by atoms with Crippen LogP contribution in [0.1, 0.15) is 37.7 Å². The fourth-order valence-electron chi connectivity index (χ4n) is 3.41. The van der Waals surface area contributed by atoms with Gasteiger partial charge in [0.05, 0.1) is 16.6 Å². The highest BCUT2D eigenvalue weighted by Crippen LogP contribution is 2.31. The predicted molar refractivity (Wildman–Crippen MR) is 106 cm³/mol. The number of hydrogen-bond donors (Lipinski definition) is 1. The second kappa shape index (κ2) is 10.6. The molecule has 1 aromatic rings. The zero-order valence-electron chi connectivity index (χ0n) is 16.6. The van der Waals surface area contributed by atoms with Crippen molar-refractivity contribution >= 4 is 10.0 Å². The second-order valence-electron chi connectivity index (χ2n) is 7.19. The van der Waals surface area contributed by atoms with E-state index < -0.39 is 21.8 Å². The van der Waals surface area contributed by atoms with Crippen molar-refractivity contribution in [3.63, 3.8) is 0 Å².